The van der Waals surface area contributed by atoms with Crippen molar-refractivity contribution in [1.29, 1.82) is 0 Å². The molecule has 1 heterocycles. The standard InChI is InChI=1S/C16H16F2N2O5/c1-23-13-7-10(4-5-11(13)25-16(17)18)8-19-14(21)9-20-15(22)12-3-2-6-24-12/h2-7,16H,8-9H2,1H3,(H,19,21)(H,20,22). The summed E-state index contributed by atoms with van der Waals surface area (Å²) in [6.07, 6.45) is 1.35. The van der Waals surface area contributed by atoms with E-state index in [2.05, 4.69) is 15.4 Å². The average molecular weight is 354 g/mol. The molecule has 0 aliphatic heterocycles. The summed E-state index contributed by atoms with van der Waals surface area (Å²) in [5, 5.41) is 4.98. The highest BCUT2D eigenvalue weighted by molar-refractivity contribution is 5.94. The number of benzene rings is 1. The van der Waals surface area contributed by atoms with Crippen molar-refractivity contribution in [3.8, 4) is 11.5 Å². The summed E-state index contributed by atoms with van der Waals surface area (Å²) in [5.41, 5.74) is 0.615. The minimum Gasteiger partial charge on any atom is -0.493 e. The summed E-state index contributed by atoms with van der Waals surface area (Å²) < 4.78 is 38.7. The van der Waals surface area contributed by atoms with E-state index >= 15 is 0 Å². The van der Waals surface area contributed by atoms with E-state index in [-0.39, 0.29) is 30.3 Å². The van der Waals surface area contributed by atoms with Crippen molar-refractivity contribution in [2.24, 2.45) is 0 Å². The highest BCUT2D eigenvalue weighted by Crippen LogP contribution is 2.29. The second-order valence-corrected chi connectivity index (χ2v) is 4.80. The molecule has 2 amide bonds. The van der Waals surface area contributed by atoms with Crippen LogP contribution < -0.4 is 20.1 Å². The zero-order valence-electron chi connectivity index (χ0n) is 13.3. The molecule has 0 saturated heterocycles. The molecule has 0 spiro atoms. The maximum Gasteiger partial charge on any atom is 0.387 e. The fourth-order valence-electron chi connectivity index (χ4n) is 1.93. The van der Waals surface area contributed by atoms with Crippen LogP contribution in [0.2, 0.25) is 0 Å². The summed E-state index contributed by atoms with van der Waals surface area (Å²) >= 11 is 0. The number of halogens is 2. The fourth-order valence-corrected chi connectivity index (χ4v) is 1.93. The zero-order valence-corrected chi connectivity index (χ0v) is 13.3. The molecule has 2 aromatic rings. The molecule has 9 heteroatoms. The molecule has 0 saturated carbocycles. The van der Waals surface area contributed by atoms with Gasteiger partial charge in [0.15, 0.2) is 17.3 Å². The lowest BCUT2D eigenvalue weighted by atomic mass is 10.2. The van der Waals surface area contributed by atoms with Gasteiger partial charge in [-0.05, 0) is 29.8 Å². The molecule has 134 valence electrons. The SMILES string of the molecule is COc1cc(CNC(=O)CNC(=O)c2ccco2)ccc1OC(F)F. The Morgan fingerprint density at radius 3 is 2.64 bits per heavy atom. The smallest absolute Gasteiger partial charge is 0.387 e. The fraction of sp³-hybridized carbons (Fsp3) is 0.250. The first-order valence-corrected chi connectivity index (χ1v) is 7.19. The first-order chi connectivity index (χ1) is 12.0. The topological polar surface area (TPSA) is 89.8 Å². The van der Waals surface area contributed by atoms with Crippen molar-refractivity contribution in [3.63, 3.8) is 0 Å². The Labute approximate surface area is 141 Å². The van der Waals surface area contributed by atoms with Gasteiger partial charge in [-0.15, -0.1) is 0 Å². The van der Waals surface area contributed by atoms with Crippen molar-refractivity contribution < 1.29 is 32.3 Å². The molecule has 0 atom stereocenters. The monoisotopic (exact) mass is 354 g/mol. The molecular weight excluding hydrogens is 338 g/mol. The summed E-state index contributed by atoms with van der Waals surface area (Å²) in [5.74, 6) is -0.800. The quantitative estimate of drug-likeness (QED) is 0.756. The number of alkyl halides is 2. The van der Waals surface area contributed by atoms with E-state index in [9.17, 15) is 18.4 Å². The maximum atomic E-state index is 12.3. The Balaban J connectivity index is 1.83. The lowest BCUT2D eigenvalue weighted by Gasteiger charge is -2.12. The Kier molecular flexibility index (Phi) is 6.33. The minimum atomic E-state index is -2.96. The maximum absolute atomic E-state index is 12.3. The molecule has 0 radical (unpaired) electrons. The van der Waals surface area contributed by atoms with Crippen LogP contribution in [0.1, 0.15) is 16.1 Å². The molecule has 0 aliphatic rings. The van der Waals surface area contributed by atoms with Crippen molar-refractivity contribution in [2.75, 3.05) is 13.7 Å². The molecule has 2 N–H and O–H groups in total. The van der Waals surface area contributed by atoms with Crippen LogP contribution in [0.3, 0.4) is 0 Å². The summed E-state index contributed by atoms with van der Waals surface area (Å²) in [7, 11) is 1.32. The number of carbonyl (C=O) groups is 2. The largest absolute Gasteiger partial charge is 0.493 e. The van der Waals surface area contributed by atoms with Crippen molar-refractivity contribution >= 4 is 11.8 Å². The highest BCUT2D eigenvalue weighted by atomic mass is 19.3. The van der Waals surface area contributed by atoms with Crippen molar-refractivity contribution in [2.45, 2.75) is 13.2 Å². The molecule has 0 bridgehead atoms. The molecule has 2 rings (SSSR count). The first kappa shape index (κ1) is 18.2. The third kappa shape index (κ3) is 5.48. The van der Waals surface area contributed by atoms with Crippen LogP contribution in [0.25, 0.3) is 0 Å². The van der Waals surface area contributed by atoms with Gasteiger partial charge in [0.25, 0.3) is 5.91 Å². The molecule has 0 aliphatic carbocycles. The van der Waals surface area contributed by atoms with E-state index in [0.29, 0.717) is 5.56 Å². The Morgan fingerprint density at radius 2 is 2.00 bits per heavy atom. The third-order valence-electron chi connectivity index (χ3n) is 3.09. The highest BCUT2D eigenvalue weighted by Gasteiger charge is 2.12. The molecular formula is C16H16F2N2O5. The lowest BCUT2D eigenvalue weighted by molar-refractivity contribution is -0.120. The summed E-state index contributed by atoms with van der Waals surface area (Å²) in [6.45, 7) is -3.07. The number of carbonyl (C=O) groups excluding carboxylic acids is 2. The van der Waals surface area contributed by atoms with Crippen LogP contribution in [0.4, 0.5) is 8.78 Å². The third-order valence-corrected chi connectivity index (χ3v) is 3.09. The number of nitrogens with one attached hydrogen (secondary N) is 2. The van der Waals surface area contributed by atoms with Gasteiger partial charge in [-0.25, -0.2) is 0 Å². The summed E-state index contributed by atoms with van der Waals surface area (Å²) in [4.78, 5) is 23.4. The second-order valence-electron chi connectivity index (χ2n) is 4.80. The predicted octanol–water partition coefficient (Wildman–Crippen LogP) is 1.94. The number of rotatable bonds is 8. The predicted molar refractivity (Wildman–Crippen MR) is 82.5 cm³/mol. The number of ether oxygens (including phenoxy) is 2. The van der Waals surface area contributed by atoms with E-state index in [1.54, 1.807) is 6.07 Å². The van der Waals surface area contributed by atoms with Crippen LogP contribution in [-0.4, -0.2) is 32.1 Å². The van der Waals surface area contributed by atoms with Gasteiger partial charge in [0, 0.05) is 6.54 Å². The number of furan rings is 1. The molecule has 1 aromatic carbocycles. The summed E-state index contributed by atoms with van der Waals surface area (Å²) in [6, 6.07) is 7.35. The minimum absolute atomic E-state index is 0.0988. The van der Waals surface area contributed by atoms with Gasteiger partial charge in [0.05, 0.1) is 19.9 Å². The van der Waals surface area contributed by atoms with Gasteiger partial charge >= 0.3 is 6.61 Å². The van der Waals surface area contributed by atoms with Gasteiger partial charge in [-0.2, -0.15) is 8.78 Å². The molecule has 0 unspecified atom stereocenters. The zero-order chi connectivity index (χ0) is 18.2. The second kappa shape index (κ2) is 8.67. The van der Waals surface area contributed by atoms with E-state index in [0.717, 1.165) is 0 Å². The van der Waals surface area contributed by atoms with E-state index in [4.69, 9.17) is 9.15 Å². The molecule has 25 heavy (non-hydrogen) atoms. The molecule has 0 fully saturated rings. The number of amides is 2. The van der Waals surface area contributed by atoms with Crippen LogP contribution in [0.5, 0.6) is 11.5 Å². The van der Waals surface area contributed by atoms with Gasteiger partial charge in [-0.3, -0.25) is 9.59 Å². The van der Waals surface area contributed by atoms with Crippen LogP contribution >= 0.6 is 0 Å². The first-order valence-electron chi connectivity index (χ1n) is 7.19. The van der Waals surface area contributed by atoms with Crippen LogP contribution in [0.15, 0.2) is 41.0 Å². The van der Waals surface area contributed by atoms with Gasteiger partial charge in [0.1, 0.15) is 0 Å². The van der Waals surface area contributed by atoms with E-state index < -0.39 is 18.4 Å². The average Bonchev–Trinajstić information content (AvgIpc) is 3.13. The van der Waals surface area contributed by atoms with Gasteiger partial charge in [0.2, 0.25) is 5.91 Å². The van der Waals surface area contributed by atoms with E-state index in [1.807, 2.05) is 0 Å². The lowest BCUT2D eigenvalue weighted by Crippen LogP contribution is -2.36. The Morgan fingerprint density at radius 1 is 1.20 bits per heavy atom. The Bertz CT molecular complexity index is 719. The van der Waals surface area contributed by atoms with Crippen LogP contribution in [-0.2, 0) is 11.3 Å². The molecule has 1 aromatic heterocycles. The van der Waals surface area contributed by atoms with Crippen molar-refractivity contribution in [3.05, 3.63) is 47.9 Å². The number of hydrogen-bond donors (Lipinski definition) is 2. The molecule has 7 nitrogen and oxygen atoms in total. The number of hydrogen-bond acceptors (Lipinski definition) is 5. The number of methoxy groups -OCH3 is 1. The van der Waals surface area contributed by atoms with Crippen LogP contribution in [0, 0.1) is 0 Å². The normalized spacial score (nSPS) is 10.4. The van der Waals surface area contributed by atoms with Gasteiger partial charge in [-0.1, -0.05) is 6.07 Å². The Hall–Kier alpha value is -3.10. The van der Waals surface area contributed by atoms with E-state index in [1.165, 1.54) is 37.6 Å². The van der Waals surface area contributed by atoms with Crippen molar-refractivity contribution in [1.82, 2.24) is 10.6 Å². The van der Waals surface area contributed by atoms with Gasteiger partial charge < -0.3 is 24.5 Å².